The first-order valence-corrected chi connectivity index (χ1v) is 15.3. The van der Waals surface area contributed by atoms with Gasteiger partial charge in [-0.25, -0.2) is 8.42 Å². The smallest absolute Gasteiger partial charge is 0.229 e. The number of pyridine rings is 1. The van der Waals surface area contributed by atoms with Gasteiger partial charge in [0.25, 0.3) is 0 Å². The Morgan fingerprint density at radius 3 is 2.27 bits per heavy atom. The molecule has 10 heteroatoms. The van der Waals surface area contributed by atoms with Crippen molar-refractivity contribution in [3.8, 4) is 5.69 Å². The second kappa shape index (κ2) is 10.6. The molecule has 0 aliphatic carbocycles. The standard InChI is InChI=1S/C30H34N6O2S2/c1-19-17-24(14-15-26(19)33-40(6,37)38)36-29(28(32-30(36)39)27-9-7-8-16-31-27)25-18-20(2)35(21(25)3)23-12-10-22(11-13-23)34(4)5/h7-18,28-29,33H,1-6H3,(H,32,39)/t28-,29-/m0/s1. The zero-order valence-corrected chi connectivity index (χ0v) is 25.1. The number of nitrogens with zero attached hydrogens (tertiary/aromatic N) is 4. The van der Waals surface area contributed by atoms with Crippen molar-refractivity contribution in [1.82, 2.24) is 14.9 Å². The molecule has 2 aromatic carbocycles. The number of nitrogens with one attached hydrogen (secondary N) is 2. The van der Waals surface area contributed by atoms with E-state index in [0.717, 1.165) is 51.5 Å². The zero-order chi connectivity index (χ0) is 28.8. The summed E-state index contributed by atoms with van der Waals surface area (Å²) < 4.78 is 28.6. The highest BCUT2D eigenvalue weighted by molar-refractivity contribution is 7.92. The van der Waals surface area contributed by atoms with Crippen LogP contribution in [0.5, 0.6) is 0 Å². The van der Waals surface area contributed by atoms with Crippen LogP contribution >= 0.6 is 12.2 Å². The van der Waals surface area contributed by atoms with E-state index in [2.05, 4.69) is 73.6 Å². The minimum atomic E-state index is -3.40. The summed E-state index contributed by atoms with van der Waals surface area (Å²) in [6.45, 7) is 6.15. The number of aryl methyl sites for hydroxylation is 2. The minimum absolute atomic E-state index is 0.184. The van der Waals surface area contributed by atoms with Crippen molar-refractivity contribution in [2.45, 2.75) is 32.9 Å². The van der Waals surface area contributed by atoms with E-state index in [1.54, 1.807) is 12.3 Å². The Labute approximate surface area is 241 Å². The van der Waals surface area contributed by atoms with Crippen LogP contribution in [0.1, 0.15) is 40.3 Å². The van der Waals surface area contributed by atoms with Crippen molar-refractivity contribution in [3.05, 3.63) is 101 Å². The Morgan fingerprint density at radius 1 is 0.975 bits per heavy atom. The van der Waals surface area contributed by atoms with Gasteiger partial charge in [-0.15, -0.1) is 0 Å². The summed E-state index contributed by atoms with van der Waals surface area (Å²) in [4.78, 5) is 8.88. The predicted octanol–water partition coefficient (Wildman–Crippen LogP) is 5.41. The highest BCUT2D eigenvalue weighted by atomic mass is 32.2. The van der Waals surface area contributed by atoms with Gasteiger partial charge in [0.15, 0.2) is 5.11 Å². The van der Waals surface area contributed by atoms with Crippen molar-refractivity contribution >= 4 is 44.4 Å². The molecule has 0 radical (unpaired) electrons. The molecule has 4 aromatic rings. The molecule has 1 aliphatic rings. The van der Waals surface area contributed by atoms with Crippen molar-refractivity contribution < 1.29 is 8.42 Å². The van der Waals surface area contributed by atoms with E-state index in [-0.39, 0.29) is 12.1 Å². The largest absolute Gasteiger partial charge is 0.378 e. The number of benzene rings is 2. The number of rotatable bonds is 7. The molecule has 40 heavy (non-hydrogen) atoms. The first-order valence-electron chi connectivity index (χ1n) is 13.0. The molecule has 0 spiro atoms. The van der Waals surface area contributed by atoms with Crippen molar-refractivity contribution in [2.75, 3.05) is 34.9 Å². The maximum Gasteiger partial charge on any atom is 0.229 e. The summed E-state index contributed by atoms with van der Waals surface area (Å²) in [5, 5.41) is 4.11. The third kappa shape index (κ3) is 5.29. The summed E-state index contributed by atoms with van der Waals surface area (Å²) in [5.74, 6) is 0. The van der Waals surface area contributed by atoms with Gasteiger partial charge < -0.3 is 19.7 Å². The molecule has 1 saturated heterocycles. The van der Waals surface area contributed by atoms with E-state index in [0.29, 0.717) is 10.8 Å². The number of hydrogen-bond acceptors (Lipinski definition) is 5. The number of sulfonamides is 1. The lowest BCUT2D eigenvalue weighted by Crippen LogP contribution is -2.29. The number of thiocarbonyl (C=S) groups is 1. The summed E-state index contributed by atoms with van der Waals surface area (Å²) in [5.41, 5.74) is 8.71. The molecule has 5 rings (SSSR count). The lowest BCUT2D eigenvalue weighted by molar-refractivity contribution is 0.565. The normalized spacial score (nSPS) is 17.1. The van der Waals surface area contributed by atoms with Crippen LogP contribution in [-0.2, 0) is 10.0 Å². The lowest BCUT2D eigenvalue weighted by atomic mass is 9.96. The quantitative estimate of drug-likeness (QED) is 0.286. The summed E-state index contributed by atoms with van der Waals surface area (Å²) >= 11 is 5.92. The van der Waals surface area contributed by atoms with E-state index in [4.69, 9.17) is 12.2 Å². The summed E-state index contributed by atoms with van der Waals surface area (Å²) in [6.07, 6.45) is 2.95. The van der Waals surface area contributed by atoms with Crippen LogP contribution < -0.4 is 19.8 Å². The van der Waals surface area contributed by atoms with Crippen LogP contribution in [-0.4, -0.2) is 43.4 Å². The predicted molar refractivity (Wildman–Crippen MR) is 167 cm³/mol. The van der Waals surface area contributed by atoms with Crippen molar-refractivity contribution in [2.24, 2.45) is 0 Å². The van der Waals surface area contributed by atoms with Gasteiger partial charge in [-0.3, -0.25) is 9.71 Å². The third-order valence-corrected chi connectivity index (χ3v) is 8.20. The Hall–Kier alpha value is -3.89. The maximum absolute atomic E-state index is 11.9. The van der Waals surface area contributed by atoms with Gasteiger partial charge in [0, 0.05) is 48.7 Å². The zero-order valence-electron chi connectivity index (χ0n) is 23.5. The first kappa shape index (κ1) is 27.7. The van der Waals surface area contributed by atoms with Gasteiger partial charge in [0.2, 0.25) is 10.0 Å². The molecule has 2 atom stereocenters. The molecular weight excluding hydrogens is 541 g/mol. The molecule has 208 valence electrons. The van der Waals surface area contributed by atoms with Gasteiger partial charge in [-0.05, 0) is 105 Å². The van der Waals surface area contributed by atoms with Crippen LogP contribution in [0.4, 0.5) is 17.1 Å². The molecule has 2 aromatic heterocycles. The second-order valence-electron chi connectivity index (χ2n) is 10.4. The summed E-state index contributed by atoms with van der Waals surface area (Å²) in [6, 6.07) is 21.9. The van der Waals surface area contributed by atoms with Crippen LogP contribution in [0, 0.1) is 20.8 Å². The van der Waals surface area contributed by atoms with Crippen LogP contribution in [0.25, 0.3) is 5.69 Å². The number of anilines is 3. The molecule has 0 unspecified atom stereocenters. The molecular formula is C30H34N6O2S2. The van der Waals surface area contributed by atoms with Gasteiger partial charge in [-0.1, -0.05) is 6.07 Å². The van der Waals surface area contributed by atoms with Gasteiger partial charge in [0.05, 0.1) is 29.7 Å². The maximum atomic E-state index is 11.9. The molecule has 8 nitrogen and oxygen atoms in total. The topological polar surface area (TPSA) is 82.5 Å². The fourth-order valence-corrected chi connectivity index (χ4v) is 6.42. The van der Waals surface area contributed by atoms with E-state index < -0.39 is 10.0 Å². The van der Waals surface area contributed by atoms with E-state index >= 15 is 0 Å². The third-order valence-electron chi connectivity index (χ3n) is 7.29. The van der Waals surface area contributed by atoms with E-state index in [9.17, 15) is 8.42 Å². The first-order chi connectivity index (χ1) is 18.9. The lowest BCUT2D eigenvalue weighted by Gasteiger charge is -2.29. The van der Waals surface area contributed by atoms with E-state index in [1.807, 2.05) is 51.4 Å². The Bertz CT molecular complexity index is 1660. The van der Waals surface area contributed by atoms with E-state index in [1.165, 1.54) is 0 Å². The average molecular weight is 575 g/mol. The Kier molecular flexibility index (Phi) is 7.32. The SMILES string of the molecule is Cc1cc(N2C(=S)N[C@@H](c3ccccn3)[C@@H]2c2cc(C)n(-c3ccc(N(C)C)cc3)c2C)ccc1NS(C)(=O)=O. The monoisotopic (exact) mass is 574 g/mol. The highest BCUT2D eigenvalue weighted by Gasteiger charge is 2.42. The van der Waals surface area contributed by atoms with Crippen molar-refractivity contribution in [3.63, 3.8) is 0 Å². The Balaban J connectivity index is 1.63. The van der Waals surface area contributed by atoms with Crippen LogP contribution in [0.15, 0.2) is 72.9 Å². The molecule has 3 heterocycles. The Morgan fingerprint density at radius 2 is 1.68 bits per heavy atom. The van der Waals surface area contributed by atoms with Gasteiger partial charge in [0.1, 0.15) is 0 Å². The molecule has 2 N–H and O–H groups in total. The minimum Gasteiger partial charge on any atom is -0.378 e. The van der Waals surface area contributed by atoms with Gasteiger partial charge in [-0.2, -0.15) is 0 Å². The number of hydrogen-bond donors (Lipinski definition) is 2. The fourth-order valence-electron chi connectivity index (χ4n) is 5.45. The molecule has 0 amide bonds. The molecule has 1 aliphatic heterocycles. The molecule has 0 bridgehead atoms. The fraction of sp³-hybridized carbons (Fsp3) is 0.267. The molecule has 1 fully saturated rings. The highest BCUT2D eigenvalue weighted by Crippen LogP contribution is 2.44. The molecule has 0 saturated carbocycles. The second-order valence-corrected chi connectivity index (χ2v) is 12.6. The van der Waals surface area contributed by atoms with Crippen molar-refractivity contribution in [1.29, 1.82) is 0 Å². The number of aromatic nitrogens is 2. The summed E-state index contributed by atoms with van der Waals surface area (Å²) in [7, 11) is 0.672. The average Bonchev–Trinajstić information content (AvgIpc) is 3.40. The van der Waals surface area contributed by atoms with Gasteiger partial charge >= 0.3 is 0 Å². The van der Waals surface area contributed by atoms with Crippen LogP contribution in [0.3, 0.4) is 0 Å². The van der Waals surface area contributed by atoms with Crippen LogP contribution in [0.2, 0.25) is 0 Å².